The summed E-state index contributed by atoms with van der Waals surface area (Å²) in [7, 11) is 0. The Balaban J connectivity index is 1.62. The summed E-state index contributed by atoms with van der Waals surface area (Å²) >= 11 is 0. The van der Waals surface area contributed by atoms with Crippen molar-refractivity contribution in [1.82, 2.24) is 0 Å². The summed E-state index contributed by atoms with van der Waals surface area (Å²) in [4.78, 5) is 14.8. The van der Waals surface area contributed by atoms with E-state index < -0.39 is 0 Å². The Morgan fingerprint density at radius 3 is 1.62 bits per heavy atom. The molecule has 0 bridgehead atoms. The SMILES string of the molecule is CCOc1ccc(/C=C2/C[NH+](Cc3ccccc3)C/C(=C\c3ccc(OCC)cc3)C2=O)cc1. The van der Waals surface area contributed by atoms with Crippen LogP contribution in [0.15, 0.2) is 90.0 Å². The first-order valence-corrected chi connectivity index (χ1v) is 11.9. The first kappa shape index (κ1) is 23.5. The molecule has 3 aromatic carbocycles. The van der Waals surface area contributed by atoms with Crippen molar-refractivity contribution in [3.8, 4) is 11.5 Å². The highest BCUT2D eigenvalue weighted by Crippen LogP contribution is 2.20. The predicted octanol–water partition coefficient (Wildman–Crippen LogP) is 4.62. The molecule has 1 atom stereocenters. The highest BCUT2D eigenvalue weighted by molar-refractivity contribution is 6.14. The van der Waals surface area contributed by atoms with Crippen molar-refractivity contribution in [3.63, 3.8) is 0 Å². The maximum Gasteiger partial charge on any atom is 0.196 e. The van der Waals surface area contributed by atoms with Crippen LogP contribution in [0.2, 0.25) is 0 Å². The Labute approximate surface area is 202 Å². The molecule has 1 saturated heterocycles. The van der Waals surface area contributed by atoms with Gasteiger partial charge in [0, 0.05) is 5.56 Å². The maximum absolute atomic E-state index is 13.5. The fraction of sp³-hybridized carbons (Fsp3) is 0.233. The average Bonchev–Trinajstić information content (AvgIpc) is 2.85. The van der Waals surface area contributed by atoms with E-state index in [4.69, 9.17) is 9.47 Å². The molecule has 174 valence electrons. The highest BCUT2D eigenvalue weighted by Gasteiger charge is 2.29. The van der Waals surface area contributed by atoms with Gasteiger partial charge in [-0.3, -0.25) is 4.79 Å². The van der Waals surface area contributed by atoms with E-state index in [1.807, 2.05) is 80.6 Å². The Morgan fingerprint density at radius 2 is 1.18 bits per heavy atom. The third-order valence-electron chi connectivity index (χ3n) is 5.83. The first-order valence-electron chi connectivity index (χ1n) is 11.9. The molecule has 4 rings (SSSR count). The lowest BCUT2D eigenvalue weighted by atomic mass is 9.94. The number of quaternary nitrogens is 1. The van der Waals surface area contributed by atoms with Crippen molar-refractivity contribution in [1.29, 1.82) is 0 Å². The van der Waals surface area contributed by atoms with Gasteiger partial charge >= 0.3 is 0 Å². The lowest BCUT2D eigenvalue weighted by Crippen LogP contribution is -3.12. The molecule has 0 saturated carbocycles. The molecule has 1 fully saturated rings. The van der Waals surface area contributed by atoms with Crippen molar-refractivity contribution in [2.24, 2.45) is 0 Å². The third-order valence-corrected chi connectivity index (χ3v) is 5.83. The zero-order valence-electron chi connectivity index (χ0n) is 19.9. The van der Waals surface area contributed by atoms with Gasteiger partial charge in [0.2, 0.25) is 0 Å². The number of nitrogens with one attached hydrogen (secondary N) is 1. The Morgan fingerprint density at radius 1 is 0.706 bits per heavy atom. The number of carbonyl (C=O) groups is 1. The van der Waals surface area contributed by atoms with Crippen molar-refractivity contribution >= 4 is 17.9 Å². The molecule has 1 aliphatic rings. The van der Waals surface area contributed by atoms with Crippen LogP contribution in [0.4, 0.5) is 0 Å². The van der Waals surface area contributed by atoms with Crippen molar-refractivity contribution in [2.75, 3.05) is 26.3 Å². The van der Waals surface area contributed by atoms with Crippen molar-refractivity contribution in [2.45, 2.75) is 20.4 Å². The number of benzene rings is 3. The second kappa shape index (κ2) is 11.5. The summed E-state index contributed by atoms with van der Waals surface area (Å²) in [5.41, 5.74) is 4.95. The van der Waals surface area contributed by atoms with Crippen LogP contribution < -0.4 is 14.4 Å². The standard InChI is InChI=1S/C30H31NO3/c1-3-33-28-14-10-23(11-15-28)18-26-21-31(20-25-8-6-5-7-9-25)22-27(30(26)32)19-24-12-16-29(17-13-24)34-4-2/h5-19H,3-4,20-22H2,1-2H3/p+1/b26-18-,27-19+. The third kappa shape index (κ3) is 6.24. The minimum atomic E-state index is 0.125. The molecule has 1 aliphatic heterocycles. The number of Topliss-reactive ketones (excluding diaryl/α,β-unsaturated/α-hetero) is 1. The van der Waals surface area contributed by atoms with Crippen molar-refractivity contribution < 1.29 is 19.2 Å². The molecular formula is C30H32NO3+. The highest BCUT2D eigenvalue weighted by atomic mass is 16.5. The summed E-state index contributed by atoms with van der Waals surface area (Å²) in [6.07, 6.45) is 4.04. The van der Waals surface area contributed by atoms with Gasteiger partial charge in [-0.1, -0.05) is 54.6 Å². The number of hydrogen-bond donors (Lipinski definition) is 1. The predicted molar refractivity (Wildman–Crippen MR) is 137 cm³/mol. The molecule has 0 aliphatic carbocycles. The molecule has 34 heavy (non-hydrogen) atoms. The van der Waals surface area contributed by atoms with Gasteiger partial charge < -0.3 is 14.4 Å². The number of ether oxygens (including phenoxy) is 2. The number of hydrogen-bond acceptors (Lipinski definition) is 3. The molecule has 0 amide bonds. The van der Waals surface area contributed by atoms with Crippen LogP contribution in [0.3, 0.4) is 0 Å². The fourth-order valence-corrected chi connectivity index (χ4v) is 4.27. The van der Waals surface area contributed by atoms with Gasteiger partial charge in [0.05, 0.1) is 24.4 Å². The summed E-state index contributed by atoms with van der Waals surface area (Å²) in [5.74, 6) is 1.80. The van der Waals surface area contributed by atoms with E-state index in [2.05, 4.69) is 24.3 Å². The van der Waals surface area contributed by atoms with Crippen LogP contribution in [0, 0.1) is 0 Å². The molecule has 0 aromatic heterocycles. The van der Waals surface area contributed by atoms with Gasteiger partial charge in [-0.25, -0.2) is 0 Å². The van der Waals surface area contributed by atoms with E-state index in [1.165, 1.54) is 10.5 Å². The number of ketones is 1. The summed E-state index contributed by atoms with van der Waals surface area (Å²) < 4.78 is 11.1. The smallest absolute Gasteiger partial charge is 0.196 e. The lowest BCUT2D eigenvalue weighted by molar-refractivity contribution is -0.904. The first-order chi connectivity index (χ1) is 16.6. The molecule has 0 radical (unpaired) electrons. The molecule has 4 heteroatoms. The molecule has 1 heterocycles. The van der Waals surface area contributed by atoms with Gasteiger partial charge in [0.1, 0.15) is 31.1 Å². The van der Waals surface area contributed by atoms with Gasteiger partial charge in [-0.2, -0.15) is 0 Å². The Hall–Kier alpha value is -3.63. The summed E-state index contributed by atoms with van der Waals surface area (Å²) in [6.45, 7) is 7.48. The van der Waals surface area contributed by atoms with Crippen molar-refractivity contribution in [3.05, 3.63) is 107 Å². The minimum absolute atomic E-state index is 0.125. The number of carbonyl (C=O) groups excluding carboxylic acids is 1. The quantitative estimate of drug-likeness (QED) is 0.505. The molecule has 0 spiro atoms. The van der Waals surface area contributed by atoms with Crippen LogP contribution in [0.1, 0.15) is 30.5 Å². The van der Waals surface area contributed by atoms with Gasteiger partial charge in [-0.05, 0) is 61.4 Å². The molecule has 4 nitrogen and oxygen atoms in total. The van der Waals surface area contributed by atoms with Crippen LogP contribution in [-0.2, 0) is 11.3 Å². The fourth-order valence-electron chi connectivity index (χ4n) is 4.27. The Bertz CT molecular complexity index is 1070. The largest absolute Gasteiger partial charge is 0.494 e. The zero-order valence-corrected chi connectivity index (χ0v) is 19.9. The van der Waals surface area contributed by atoms with Gasteiger partial charge in [0.25, 0.3) is 0 Å². The summed E-state index contributed by atoms with van der Waals surface area (Å²) in [5, 5.41) is 0. The minimum Gasteiger partial charge on any atom is -0.494 e. The lowest BCUT2D eigenvalue weighted by Gasteiger charge is -2.27. The van der Waals surface area contributed by atoms with E-state index in [9.17, 15) is 4.79 Å². The average molecular weight is 455 g/mol. The van der Waals surface area contributed by atoms with Crippen LogP contribution in [0.5, 0.6) is 11.5 Å². The van der Waals surface area contributed by atoms with E-state index in [1.54, 1.807) is 0 Å². The van der Waals surface area contributed by atoms with Crippen LogP contribution in [-0.4, -0.2) is 32.1 Å². The maximum atomic E-state index is 13.5. The number of likely N-dealkylation sites (tertiary alicyclic amines) is 1. The van der Waals surface area contributed by atoms with E-state index in [0.717, 1.165) is 40.3 Å². The Kier molecular flexibility index (Phi) is 7.95. The number of rotatable bonds is 8. The molecule has 3 aromatic rings. The second-order valence-electron chi connectivity index (χ2n) is 8.44. The topological polar surface area (TPSA) is 40.0 Å². The van der Waals surface area contributed by atoms with E-state index in [0.29, 0.717) is 26.3 Å². The zero-order chi connectivity index (χ0) is 23.8. The monoisotopic (exact) mass is 454 g/mol. The second-order valence-corrected chi connectivity index (χ2v) is 8.44. The normalized spacial score (nSPS) is 18.3. The van der Waals surface area contributed by atoms with Crippen LogP contribution in [0.25, 0.3) is 12.2 Å². The van der Waals surface area contributed by atoms with Gasteiger partial charge in [0.15, 0.2) is 5.78 Å². The van der Waals surface area contributed by atoms with E-state index in [-0.39, 0.29) is 5.78 Å². The number of piperidine rings is 1. The molecular weight excluding hydrogens is 422 g/mol. The van der Waals surface area contributed by atoms with Crippen LogP contribution >= 0.6 is 0 Å². The van der Waals surface area contributed by atoms with Gasteiger partial charge in [-0.15, -0.1) is 0 Å². The molecule has 1 unspecified atom stereocenters. The molecule has 1 N–H and O–H groups in total. The van der Waals surface area contributed by atoms with E-state index >= 15 is 0 Å². The summed E-state index contributed by atoms with van der Waals surface area (Å²) in [6, 6.07) is 26.3.